The third-order valence-electron chi connectivity index (χ3n) is 5.51. The van der Waals surface area contributed by atoms with Gasteiger partial charge in [-0.25, -0.2) is 22.8 Å². The third-order valence-corrected chi connectivity index (χ3v) is 5.82. The summed E-state index contributed by atoms with van der Waals surface area (Å²) in [4.78, 5) is 5.70. The van der Waals surface area contributed by atoms with Gasteiger partial charge in [0.1, 0.15) is 35.7 Å². The molecule has 0 radical (unpaired) electrons. The molecule has 1 unspecified atom stereocenters. The molecule has 4 aromatic rings. The number of rotatable bonds is 8. The topological polar surface area (TPSA) is 54.2 Å². The summed E-state index contributed by atoms with van der Waals surface area (Å²) in [5.41, 5.74) is 0.745. The van der Waals surface area contributed by atoms with E-state index in [1.807, 2.05) is 29.2 Å². The minimum Gasteiger partial charge on any atom is -0.382 e. The van der Waals surface area contributed by atoms with Crippen LogP contribution in [0.25, 0.3) is 11.1 Å². The van der Waals surface area contributed by atoms with Gasteiger partial charge in [0.25, 0.3) is 0 Å². The summed E-state index contributed by atoms with van der Waals surface area (Å²) in [5.74, 6) is -2.04. The van der Waals surface area contributed by atoms with E-state index in [-0.39, 0.29) is 23.7 Å². The number of aromatic nitrogens is 3. The first-order valence-electron chi connectivity index (χ1n) is 10.5. The van der Waals surface area contributed by atoms with E-state index >= 15 is 0 Å². The van der Waals surface area contributed by atoms with Gasteiger partial charge in [0, 0.05) is 24.7 Å². The molecular weight excluding hydrogens is 465 g/mol. The van der Waals surface area contributed by atoms with Gasteiger partial charge in [-0.15, -0.1) is 0 Å². The number of halogens is 4. The van der Waals surface area contributed by atoms with Gasteiger partial charge in [0.2, 0.25) is 0 Å². The average molecular weight is 487 g/mol. The van der Waals surface area contributed by atoms with Crippen molar-refractivity contribution in [2.24, 2.45) is 0 Å². The molecular formula is C25H22ClF3N4O. The smallest absolute Gasteiger partial charge is 0.142 e. The molecule has 0 amide bonds. The second-order valence-corrected chi connectivity index (χ2v) is 8.65. The van der Waals surface area contributed by atoms with Gasteiger partial charge >= 0.3 is 0 Å². The van der Waals surface area contributed by atoms with E-state index in [1.54, 1.807) is 13.1 Å². The van der Waals surface area contributed by atoms with Crippen LogP contribution < -0.4 is 0 Å². The molecule has 0 saturated heterocycles. The summed E-state index contributed by atoms with van der Waals surface area (Å²) in [6, 6.07) is 15.3. The monoisotopic (exact) mass is 486 g/mol. The van der Waals surface area contributed by atoms with Gasteiger partial charge in [0.05, 0.1) is 11.6 Å². The van der Waals surface area contributed by atoms with Crippen molar-refractivity contribution in [1.82, 2.24) is 19.7 Å². The van der Waals surface area contributed by atoms with Crippen molar-refractivity contribution in [3.05, 3.63) is 107 Å². The molecule has 0 aliphatic rings. The van der Waals surface area contributed by atoms with Crippen molar-refractivity contribution in [2.75, 3.05) is 13.6 Å². The molecule has 176 valence electrons. The van der Waals surface area contributed by atoms with Crippen LogP contribution >= 0.6 is 11.6 Å². The highest BCUT2D eigenvalue weighted by atomic mass is 35.5. The molecule has 4 rings (SSSR count). The first-order chi connectivity index (χ1) is 16.2. The highest BCUT2D eigenvalue weighted by molar-refractivity contribution is 6.30. The molecule has 34 heavy (non-hydrogen) atoms. The molecule has 9 heteroatoms. The van der Waals surface area contributed by atoms with Crippen LogP contribution in [-0.2, 0) is 18.7 Å². The third kappa shape index (κ3) is 5.47. The Morgan fingerprint density at radius 2 is 1.71 bits per heavy atom. The number of hydrogen-bond donors (Lipinski definition) is 1. The molecule has 5 nitrogen and oxygen atoms in total. The van der Waals surface area contributed by atoms with Crippen LogP contribution in [0.3, 0.4) is 0 Å². The van der Waals surface area contributed by atoms with Crippen molar-refractivity contribution in [1.29, 1.82) is 0 Å². The molecule has 0 saturated carbocycles. The predicted molar refractivity (Wildman–Crippen MR) is 123 cm³/mol. The summed E-state index contributed by atoms with van der Waals surface area (Å²) in [5, 5.41) is 15.6. The summed E-state index contributed by atoms with van der Waals surface area (Å²) in [6.45, 7) is 0.415. The molecule has 1 atom stereocenters. The van der Waals surface area contributed by atoms with Crippen LogP contribution in [0.5, 0.6) is 0 Å². The maximum atomic E-state index is 14.6. The van der Waals surface area contributed by atoms with Crippen molar-refractivity contribution in [3.63, 3.8) is 0 Å². The molecule has 0 fully saturated rings. The number of hydrogen-bond acceptors (Lipinski definition) is 4. The lowest BCUT2D eigenvalue weighted by Crippen LogP contribution is -2.43. The minimum atomic E-state index is -1.69. The van der Waals surface area contributed by atoms with Crippen LogP contribution in [0.2, 0.25) is 5.02 Å². The molecule has 0 aliphatic heterocycles. The summed E-state index contributed by atoms with van der Waals surface area (Å²) in [6.07, 6.45) is 2.74. The molecule has 0 spiro atoms. The Labute approximate surface area is 200 Å². The number of aliphatic hydroxyl groups is 1. The molecule has 0 bridgehead atoms. The maximum Gasteiger partial charge on any atom is 0.142 e. The Balaban J connectivity index is 1.52. The van der Waals surface area contributed by atoms with Crippen LogP contribution in [0.15, 0.2) is 73.3 Å². The number of nitrogens with zero attached hydrogens (tertiary/aromatic N) is 4. The van der Waals surface area contributed by atoms with Crippen LogP contribution in [0.4, 0.5) is 13.2 Å². The molecule has 1 heterocycles. The van der Waals surface area contributed by atoms with E-state index in [0.717, 1.165) is 23.3 Å². The Bertz CT molecular complexity index is 1270. The van der Waals surface area contributed by atoms with Crippen LogP contribution in [0, 0.1) is 17.5 Å². The quantitative estimate of drug-likeness (QED) is 0.379. The zero-order chi connectivity index (χ0) is 24.3. The number of benzene rings is 3. The van der Waals surface area contributed by atoms with Gasteiger partial charge in [-0.3, -0.25) is 4.90 Å². The van der Waals surface area contributed by atoms with Gasteiger partial charge < -0.3 is 5.11 Å². The highest BCUT2D eigenvalue weighted by Gasteiger charge is 2.34. The zero-order valence-corrected chi connectivity index (χ0v) is 19.1. The van der Waals surface area contributed by atoms with Crippen molar-refractivity contribution in [3.8, 4) is 11.1 Å². The Morgan fingerprint density at radius 1 is 0.971 bits per heavy atom. The van der Waals surface area contributed by atoms with E-state index in [0.29, 0.717) is 12.1 Å². The van der Waals surface area contributed by atoms with Gasteiger partial charge in [-0.2, -0.15) is 5.10 Å². The summed E-state index contributed by atoms with van der Waals surface area (Å²) < 4.78 is 43.3. The second kappa shape index (κ2) is 9.97. The van der Waals surface area contributed by atoms with Crippen molar-refractivity contribution >= 4 is 11.6 Å². The normalized spacial score (nSPS) is 13.3. The van der Waals surface area contributed by atoms with E-state index < -0.39 is 23.1 Å². The molecule has 1 aromatic heterocycles. The summed E-state index contributed by atoms with van der Waals surface area (Å²) >= 11 is 5.76. The fraction of sp³-hybridized carbons (Fsp3) is 0.200. The van der Waals surface area contributed by atoms with Crippen LogP contribution in [-0.4, -0.2) is 38.4 Å². The zero-order valence-electron chi connectivity index (χ0n) is 18.3. The fourth-order valence-electron chi connectivity index (χ4n) is 3.96. The maximum absolute atomic E-state index is 14.6. The largest absolute Gasteiger partial charge is 0.382 e. The second-order valence-electron chi connectivity index (χ2n) is 8.25. The van der Waals surface area contributed by atoms with Gasteiger partial charge in [0.15, 0.2) is 0 Å². The highest BCUT2D eigenvalue weighted by Crippen LogP contribution is 2.29. The fourth-order valence-corrected chi connectivity index (χ4v) is 4.08. The number of likely N-dealkylation sites (N-methyl/N-ethyl adjacent to an activating group) is 1. The minimum absolute atomic E-state index is 0.0311. The first-order valence-corrected chi connectivity index (χ1v) is 10.8. The van der Waals surface area contributed by atoms with Crippen molar-refractivity contribution in [2.45, 2.75) is 18.7 Å². The molecule has 0 aliphatic carbocycles. The van der Waals surface area contributed by atoms with Gasteiger partial charge in [-0.05, 0) is 41.9 Å². The van der Waals surface area contributed by atoms with E-state index in [1.165, 1.54) is 35.5 Å². The lowest BCUT2D eigenvalue weighted by Gasteiger charge is -2.33. The van der Waals surface area contributed by atoms with Crippen LogP contribution in [0.1, 0.15) is 11.1 Å². The van der Waals surface area contributed by atoms with Gasteiger partial charge in [-0.1, -0.05) is 48.0 Å². The predicted octanol–water partition coefficient (Wildman–Crippen LogP) is 5.04. The Morgan fingerprint density at radius 3 is 2.35 bits per heavy atom. The molecule has 3 aromatic carbocycles. The Hall–Kier alpha value is -3.20. The SMILES string of the molecule is CN(Cc1ccc(-c2ccc(Cl)c(F)c2)cc1)CC(O)(Cn1cncn1)c1ccc(F)cc1F. The first kappa shape index (κ1) is 23.9. The lowest BCUT2D eigenvalue weighted by molar-refractivity contribution is -0.0175. The molecule has 1 N–H and O–H groups in total. The van der Waals surface area contributed by atoms with E-state index in [4.69, 9.17) is 11.6 Å². The van der Waals surface area contributed by atoms with E-state index in [9.17, 15) is 18.3 Å². The Kier molecular flexibility index (Phi) is 7.02. The standard InChI is InChI=1S/C25H22ClF3N4O/c1-32(12-17-2-4-18(5-3-17)19-6-9-22(26)24(29)10-19)13-25(34,14-33-16-30-15-31-33)21-8-7-20(27)11-23(21)28/h2-11,15-16,34H,12-14H2,1H3. The summed E-state index contributed by atoms with van der Waals surface area (Å²) in [7, 11) is 1.79. The van der Waals surface area contributed by atoms with E-state index in [2.05, 4.69) is 10.1 Å². The average Bonchev–Trinajstić information content (AvgIpc) is 3.28. The lowest BCUT2D eigenvalue weighted by atomic mass is 9.92. The van der Waals surface area contributed by atoms with Crippen molar-refractivity contribution < 1.29 is 18.3 Å².